The van der Waals surface area contributed by atoms with Crippen LogP contribution in [-0.4, -0.2) is 33.7 Å². The molecule has 0 radical (unpaired) electrons. The Kier molecular flexibility index (Phi) is 4.21. The minimum Gasteiger partial charge on any atom is -0.310 e. The second kappa shape index (κ2) is 6.01. The molecule has 0 aromatic carbocycles. The minimum absolute atomic E-state index is 0.0823. The number of hydrogen-bond acceptors (Lipinski definition) is 5. The van der Waals surface area contributed by atoms with E-state index in [1.54, 1.807) is 0 Å². The molecule has 0 fully saturated rings. The maximum absolute atomic E-state index is 13.6. The molecular weight excluding hydrogens is 376 g/mol. The van der Waals surface area contributed by atoms with Crippen LogP contribution < -0.4 is 0 Å². The lowest BCUT2D eigenvalue weighted by Crippen LogP contribution is -2.09. The molecule has 0 spiro atoms. The van der Waals surface area contributed by atoms with E-state index < -0.39 is 27.5 Å². The van der Waals surface area contributed by atoms with E-state index in [1.165, 1.54) is 18.5 Å². The van der Waals surface area contributed by atoms with E-state index in [9.17, 15) is 26.0 Å². The average molecular weight is 388 g/mol. The van der Waals surface area contributed by atoms with E-state index in [-0.39, 0.29) is 33.3 Å². The van der Waals surface area contributed by atoms with Crippen molar-refractivity contribution < 1.29 is 26.0 Å². The van der Waals surface area contributed by atoms with E-state index in [0.29, 0.717) is 6.20 Å². The summed E-state index contributed by atoms with van der Waals surface area (Å²) in [5, 5.41) is 0. The molecule has 0 bridgehead atoms. The fourth-order valence-corrected chi connectivity index (χ4v) is 3.45. The highest BCUT2D eigenvalue weighted by atomic mass is 32.2. The van der Waals surface area contributed by atoms with Crippen LogP contribution >= 0.6 is 0 Å². The number of rotatable bonds is 3. The van der Waals surface area contributed by atoms with Gasteiger partial charge in [0.1, 0.15) is 11.2 Å². The van der Waals surface area contributed by atoms with Gasteiger partial charge in [0.15, 0.2) is 21.3 Å². The van der Waals surface area contributed by atoms with Crippen molar-refractivity contribution in [2.45, 2.75) is 18.0 Å². The molecule has 6 nitrogen and oxygen atoms in total. The first-order valence-electron chi connectivity index (χ1n) is 7.34. The van der Waals surface area contributed by atoms with Crippen molar-refractivity contribution in [3.05, 3.63) is 35.9 Å². The predicted octanol–water partition coefficient (Wildman–Crippen LogP) is 2.98. The normalized spacial score (nSPS) is 12.7. The summed E-state index contributed by atoms with van der Waals surface area (Å²) in [7, 11) is -2.33. The Morgan fingerprint density at radius 3 is 2.50 bits per heavy atom. The van der Waals surface area contributed by atoms with Crippen LogP contribution in [0.3, 0.4) is 0 Å². The first-order valence-corrected chi connectivity index (χ1v) is 8.99. The smallest absolute Gasteiger partial charge is 0.310 e. The fourth-order valence-electron chi connectivity index (χ4n) is 2.43. The third kappa shape index (κ3) is 3.02. The molecule has 3 heterocycles. The van der Waals surface area contributed by atoms with Crippen LogP contribution in [-0.2, 0) is 23.1 Å². The molecule has 138 valence electrons. The lowest BCUT2D eigenvalue weighted by atomic mass is 10.2. The standard InChI is InChI=1S/C15H12F4N4O2S/c1-3-26(24,25)10-4-5-11(16)22-12(10)14-21-9-6-8(15(17,18)19)7-20-13(9)23(14)2/h4-7H,3H2,1-2H3. The van der Waals surface area contributed by atoms with Gasteiger partial charge >= 0.3 is 6.18 Å². The van der Waals surface area contributed by atoms with Crippen molar-refractivity contribution in [1.82, 2.24) is 19.5 Å². The van der Waals surface area contributed by atoms with Crippen LogP contribution in [0.1, 0.15) is 12.5 Å². The SMILES string of the molecule is CCS(=O)(=O)c1ccc(F)nc1-c1nc2cc(C(F)(F)F)cnc2n1C. The van der Waals surface area contributed by atoms with E-state index in [2.05, 4.69) is 15.0 Å². The van der Waals surface area contributed by atoms with Crippen LogP contribution in [0, 0.1) is 5.95 Å². The van der Waals surface area contributed by atoms with Crippen molar-refractivity contribution in [1.29, 1.82) is 0 Å². The number of imidazole rings is 1. The Balaban J connectivity index is 2.30. The van der Waals surface area contributed by atoms with Gasteiger partial charge in [-0.3, -0.25) is 0 Å². The Morgan fingerprint density at radius 1 is 1.19 bits per heavy atom. The molecule has 0 aliphatic rings. The summed E-state index contributed by atoms with van der Waals surface area (Å²) in [6.07, 6.45) is -3.96. The summed E-state index contributed by atoms with van der Waals surface area (Å²) in [4.78, 5) is 11.1. The molecule has 0 aliphatic carbocycles. The van der Waals surface area contributed by atoms with Crippen molar-refractivity contribution in [3.8, 4) is 11.5 Å². The number of pyridine rings is 2. The summed E-state index contributed by atoms with van der Waals surface area (Å²) in [6, 6.07) is 2.75. The Bertz CT molecular complexity index is 1110. The summed E-state index contributed by atoms with van der Waals surface area (Å²) >= 11 is 0. The lowest BCUT2D eigenvalue weighted by Gasteiger charge is -2.08. The number of halogens is 4. The molecule has 26 heavy (non-hydrogen) atoms. The van der Waals surface area contributed by atoms with Crippen LogP contribution in [0.4, 0.5) is 17.6 Å². The van der Waals surface area contributed by atoms with Gasteiger partial charge in [-0.1, -0.05) is 6.92 Å². The Hall–Kier alpha value is -2.56. The highest BCUT2D eigenvalue weighted by Gasteiger charge is 2.32. The van der Waals surface area contributed by atoms with Crippen LogP contribution in [0.5, 0.6) is 0 Å². The predicted molar refractivity (Wildman–Crippen MR) is 84.4 cm³/mol. The van der Waals surface area contributed by atoms with Gasteiger partial charge in [0, 0.05) is 13.2 Å². The van der Waals surface area contributed by atoms with Crippen LogP contribution in [0.15, 0.2) is 29.3 Å². The van der Waals surface area contributed by atoms with Gasteiger partial charge in [-0.05, 0) is 18.2 Å². The number of hydrogen-bond donors (Lipinski definition) is 0. The number of alkyl halides is 3. The molecule has 3 aromatic rings. The van der Waals surface area contributed by atoms with E-state index >= 15 is 0 Å². The lowest BCUT2D eigenvalue weighted by molar-refractivity contribution is -0.137. The van der Waals surface area contributed by atoms with Crippen molar-refractivity contribution in [2.75, 3.05) is 5.75 Å². The molecular formula is C15H12F4N4O2S. The van der Waals surface area contributed by atoms with Gasteiger partial charge in [0.05, 0.1) is 16.2 Å². The molecule has 0 N–H and O–H groups in total. The number of aromatic nitrogens is 4. The van der Waals surface area contributed by atoms with Gasteiger partial charge in [-0.2, -0.15) is 17.6 Å². The molecule has 0 saturated heterocycles. The number of nitrogens with zero attached hydrogens (tertiary/aromatic N) is 4. The molecule has 0 atom stereocenters. The third-order valence-electron chi connectivity index (χ3n) is 3.79. The minimum atomic E-state index is -4.60. The first kappa shape index (κ1) is 18.2. The van der Waals surface area contributed by atoms with Crippen molar-refractivity contribution >= 4 is 21.0 Å². The first-order chi connectivity index (χ1) is 12.0. The highest BCUT2D eigenvalue weighted by molar-refractivity contribution is 7.91. The molecule has 0 saturated carbocycles. The Labute approximate surface area is 145 Å². The highest BCUT2D eigenvalue weighted by Crippen LogP contribution is 2.32. The molecule has 0 unspecified atom stereocenters. The number of sulfone groups is 1. The van der Waals surface area contributed by atoms with E-state index in [0.717, 1.165) is 18.2 Å². The molecule has 0 amide bonds. The molecule has 0 aliphatic heterocycles. The van der Waals surface area contributed by atoms with Gasteiger partial charge in [0.2, 0.25) is 5.95 Å². The van der Waals surface area contributed by atoms with Crippen LogP contribution in [0.2, 0.25) is 0 Å². The zero-order chi connectivity index (χ0) is 19.3. The van der Waals surface area contributed by atoms with Gasteiger partial charge in [-0.15, -0.1) is 0 Å². The summed E-state index contributed by atoms with van der Waals surface area (Å²) in [6.45, 7) is 1.41. The zero-order valence-corrected chi connectivity index (χ0v) is 14.4. The maximum atomic E-state index is 13.6. The number of aryl methyl sites for hydroxylation is 1. The van der Waals surface area contributed by atoms with Crippen molar-refractivity contribution in [3.63, 3.8) is 0 Å². The van der Waals surface area contributed by atoms with Gasteiger partial charge in [0.25, 0.3) is 0 Å². The van der Waals surface area contributed by atoms with Gasteiger partial charge in [-0.25, -0.2) is 23.4 Å². The second-order valence-corrected chi connectivity index (χ2v) is 7.69. The maximum Gasteiger partial charge on any atom is 0.417 e. The van der Waals surface area contributed by atoms with E-state index in [1.807, 2.05) is 0 Å². The third-order valence-corrected chi connectivity index (χ3v) is 5.55. The van der Waals surface area contributed by atoms with Crippen molar-refractivity contribution in [2.24, 2.45) is 7.05 Å². The summed E-state index contributed by atoms with van der Waals surface area (Å²) in [5.41, 5.74) is -1.30. The molecule has 11 heteroatoms. The monoisotopic (exact) mass is 388 g/mol. The zero-order valence-electron chi connectivity index (χ0n) is 13.5. The second-order valence-electron chi connectivity index (χ2n) is 5.44. The molecule has 3 rings (SSSR count). The number of fused-ring (bicyclic) bond motifs is 1. The van der Waals surface area contributed by atoms with Crippen LogP contribution in [0.25, 0.3) is 22.7 Å². The molecule has 3 aromatic heterocycles. The summed E-state index contributed by atoms with van der Waals surface area (Å²) < 4.78 is 78.0. The fraction of sp³-hybridized carbons (Fsp3) is 0.267. The topological polar surface area (TPSA) is 77.7 Å². The largest absolute Gasteiger partial charge is 0.417 e. The van der Waals surface area contributed by atoms with E-state index in [4.69, 9.17) is 0 Å². The van der Waals surface area contributed by atoms with Gasteiger partial charge < -0.3 is 4.57 Å². The summed E-state index contributed by atoms with van der Waals surface area (Å²) in [5.74, 6) is -1.29. The average Bonchev–Trinajstić information content (AvgIpc) is 2.90. The quantitative estimate of drug-likeness (QED) is 0.509. The Morgan fingerprint density at radius 2 is 1.88 bits per heavy atom.